The van der Waals surface area contributed by atoms with Crippen LogP contribution in [0.3, 0.4) is 0 Å². The normalized spacial score (nSPS) is 12.0. The third kappa shape index (κ3) is 3.55. The van der Waals surface area contributed by atoms with Crippen LogP contribution in [0.1, 0.15) is 28.6 Å². The molecule has 0 fully saturated rings. The van der Waals surface area contributed by atoms with Crippen LogP contribution < -0.4 is 5.32 Å². The summed E-state index contributed by atoms with van der Waals surface area (Å²) in [6.45, 7) is 5.25. The zero-order valence-corrected chi connectivity index (χ0v) is 14.3. The second-order valence-electron chi connectivity index (χ2n) is 5.96. The van der Waals surface area contributed by atoms with Crippen LogP contribution in [0.4, 0.5) is 5.69 Å². The summed E-state index contributed by atoms with van der Waals surface area (Å²) in [4.78, 5) is 24.6. The molecule has 2 aromatic carbocycles. The molecule has 0 spiro atoms. The summed E-state index contributed by atoms with van der Waals surface area (Å²) in [6, 6.07) is 14.8. The number of carbonyl (C=O) groups is 2. The molecule has 0 saturated carbocycles. The van der Waals surface area contributed by atoms with Crippen molar-refractivity contribution in [3.8, 4) is 0 Å². The van der Waals surface area contributed by atoms with Crippen molar-refractivity contribution in [2.24, 2.45) is 0 Å². The van der Waals surface area contributed by atoms with Crippen LogP contribution in [-0.2, 0) is 9.53 Å². The lowest BCUT2D eigenvalue weighted by atomic mass is 10.1. The van der Waals surface area contributed by atoms with Crippen molar-refractivity contribution in [1.82, 2.24) is 0 Å². The van der Waals surface area contributed by atoms with Crippen molar-refractivity contribution in [3.63, 3.8) is 0 Å². The van der Waals surface area contributed by atoms with Crippen molar-refractivity contribution in [2.45, 2.75) is 26.9 Å². The number of para-hydroxylation sites is 1. The zero-order chi connectivity index (χ0) is 18.0. The molecule has 1 N–H and O–H groups in total. The molecule has 128 valence electrons. The Morgan fingerprint density at radius 1 is 1.08 bits per heavy atom. The largest absolute Gasteiger partial charge is 0.449 e. The molecule has 0 saturated heterocycles. The molecule has 1 heterocycles. The minimum Gasteiger partial charge on any atom is -0.449 e. The molecular formula is C20H19NO4. The van der Waals surface area contributed by atoms with Gasteiger partial charge in [-0.1, -0.05) is 30.3 Å². The van der Waals surface area contributed by atoms with E-state index < -0.39 is 18.0 Å². The number of hydrogen-bond acceptors (Lipinski definition) is 4. The molecule has 0 radical (unpaired) electrons. The highest BCUT2D eigenvalue weighted by molar-refractivity contribution is 5.99. The Morgan fingerprint density at radius 2 is 1.84 bits per heavy atom. The number of furan rings is 1. The number of anilines is 1. The van der Waals surface area contributed by atoms with Gasteiger partial charge in [0.1, 0.15) is 5.58 Å². The fourth-order valence-electron chi connectivity index (χ4n) is 2.60. The van der Waals surface area contributed by atoms with Crippen LogP contribution in [-0.4, -0.2) is 18.0 Å². The van der Waals surface area contributed by atoms with Gasteiger partial charge in [0.05, 0.1) is 0 Å². The third-order valence-corrected chi connectivity index (χ3v) is 3.97. The van der Waals surface area contributed by atoms with Crippen LogP contribution in [0.15, 0.2) is 52.9 Å². The van der Waals surface area contributed by atoms with E-state index in [0.717, 1.165) is 10.9 Å². The van der Waals surface area contributed by atoms with Crippen molar-refractivity contribution in [2.75, 3.05) is 5.32 Å². The number of nitrogens with one attached hydrogen (secondary N) is 1. The molecular weight excluding hydrogens is 318 g/mol. The Bertz CT molecular complexity index is 942. The number of fused-ring (bicyclic) bond motifs is 1. The molecule has 0 aliphatic carbocycles. The van der Waals surface area contributed by atoms with E-state index in [1.165, 1.54) is 6.92 Å². The Kier molecular flexibility index (Phi) is 4.57. The summed E-state index contributed by atoms with van der Waals surface area (Å²) in [5, 5.41) is 3.59. The van der Waals surface area contributed by atoms with Crippen LogP contribution in [0.5, 0.6) is 0 Å². The third-order valence-electron chi connectivity index (χ3n) is 3.97. The fourth-order valence-corrected chi connectivity index (χ4v) is 2.60. The highest BCUT2D eigenvalue weighted by Crippen LogP contribution is 2.25. The molecule has 0 unspecified atom stereocenters. The molecule has 1 amide bonds. The second kappa shape index (κ2) is 6.81. The van der Waals surface area contributed by atoms with Crippen LogP contribution in [0.2, 0.25) is 0 Å². The van der Waals surface area contributed by atoms with Gasteiger partial charge in [0.15, 0.2) is 6.10 Å². The molecule has 1 atom stereocenters. The van der Waals surface area contributed by atoms with Gasteiger partial charge >= 0.3 is 5.97 Å². The van der Waals surface area contributed by atoms with E-state index in [1.54, 1.807) is 19.1 Å². The number of rotatable bonds is 4. The lowest BCUT2D eigenvalue weighted by molar-refractivity contribution is -0.123. The van der Waals surface area contributed by atoms with E-state index in [1.807, 2.05) is 43.3 Å². The molecule has 0 aliphatic rings. The molecule has 25 heavy (non-hydrogen) atoms. The molecule has 1 aromatic heterocycles. The molecule has 0 bridgehead atoms. The van der Waals surface area contributed by atoms with Gasteiger partial charge < -0.3 is 14.5 Å². The Morgan fingerprint density at radius 3 is 2.56 bits per heavy atom. The van der Waals surface area contributed by atoms with Gasteiger partial charge in [-0.25, -0.2) is 4.79 Å². The summed E-state index contributed by atoms with van der Waals surface area (Å²) in [7, 11) is 0. The Hall–Kier alpha value is -3.08. The number of ether oxygens (including phenoxy) is 1. The zero-order valence-electron chi connectivity index (χ0n) is 14.3. The average Bonchev–Trinajstić information content (AvgIpc) is 2.92. The highest BCUT2D eigenvalue weighted by atomic mass is 16.6. The van der Waals surface area contributed by atoms with Gasteiger partial charge in [-0.2, -0.15) is 0 Å². The Balaban J connectivity index is 1.71. The van der Waals surface area contributed by atoms with E-state index in [4.69, 9.17) is 9.15 Å². The Labute approximate surface area is 145 Å². The summed E-state index contributed by atoms with van der Waals surface area (Å²) >= 11 is 0. The maximum absolute atomic E-state index is 12.4. The minimum absolute atomic E-state index is 0.122. The lowest BCUT2D eigenvalue weighted by Gasteiger charge is -2.13. The van der Waals surface area contributed by atoms with Crippen LogP contribution in [0.25, 0.3) is 11.0 Å². The van der Waals surface area contributed by atoms with Crippen molar-refractivity contribution < 1.29 is 18.7 Å². The first-order valence-corrected chi connectivity index (χ1v) is 8.02. The number of hydrogen-bond donors (Lipinski definition) is 1. The number of aryl methyl sites for hydroxylation is 2. The van der Waals surface area contributed by atoms with Crippen LogP contribution in [0, 0.1) is 13.8 Å². The summed E-state index contributed by atoms with van der Waals surface area (Å²) in [6.07, 6.45) is -0.944. The van der Waals surface area contributed by atoms with E-state index in [2.05, 4.69) is 5.32 Å². The summed E-state index contributed by atoms with van der Waals surface area (Å²) < 4.78 is 10.8. The quantitative estimate of drug-likeness (QED) is 0.723. The first-order chi connectivity index (χ1) is 12.0. The molecule has 3 rings (SSSR count). The molecule has 5 nitrogen and oxygen atoms in total. The first-order valence-electron chi connectivity index (χ1n) is 8.02. The second-order valence-corrected chi connectivity index (χ2v) is 5.96. The fraction of sp³-hybridized carbons (Fsp3) is 0.200. The topological polar surface area (TPSA) is 68.5 Å². The van der Waals surface area contributed by atoms with Gasteiger partial charge in [-0.3, -0.25) is 4.79 Å². The lowest BCUT2D eigenvalue weighted by Crippen LogP contribution is -2.30. The minimum atomic E-state index is -0.944. The number of carbonyl (C=O) groups excluding carboxylic acids is 2. The molecule has 0 aliphatic heterocycles. The molecule has 5 heteroatoms. The van der Waals surface area contributed by atoms with Gasteiger partial charge in [-0.15, -0.1) is 0 Å². The smallest absolute Gasteiger partial charge is 0.375 e. The predicted octanol–water partition coefficient (Wildman–Crippen LogP) is 4.23. The first kappa shape index (κ1) is 16.8. The summed E-state index contributed by atoms with van der Waals surface area (Å²) in [5.41, 5.74) is 3.00. The van der Waals surface area contributed by atoms with E-state index in [9.17, 15) is 9.59 Å². The molecule has 3 aromatic rings. The van der Waals surface area contributed by atoms with Gasteiger partial charge in [0.25, 0.3) is 5.91 Å². The standard InChI is InChI=1S/C20H19NO4/c1-12-7-6-8-15(11-12)21-19(22)14(3)24-20(23)18-13(2)16-9-4-5-10-17(16)25-18/h4-11,14H,1-3H3,(H,21,22)/t14-/m0/s1. The van der Waals surface area contributed by atoms with E-state index >= 15 is 0 Å². The predicted molar refractivity (Wildman–Crippen MR) is 95.6 cm³/mol. The SMILES string of the molecule is Cc1cccc(NC(=O)[C@H](C)OC(=O)c2oc3ccccc3c2C)c1. The van der Waals surface area contributed by atoms with Gasteiger partial charge in [0.2, 0.25) is 5.76 Å². The van der Waals surface area contributed by atoms with E-state index in [-0.39, 0.29) is 5.76 Å². The van der Waals surface area contributed by atoms with Crippen molar-refractivity contribution in [1.29, 1.82) is 0 Å². The maximum Gasteiger partial charge on any atom is 0.375 e. The van der Waals surface area contributed by atoms with Crippen molar-refractivity contribution >= 4 is 28.5 Å². The van der Waals surface area contributed by atoms with Gasteiger partial charge in [0, 0.05) is 16.6 Å². The number of benzene rings is 2. The van der Waals surface area contributed by atoms with Crippen molar-refractivity contribution in [3.05, 3.63) is 65.4 Å². The number of amides is 1. The average molecular weight is 337 g/mol. The maximum atomic E-state index is 12.4. The van der Waals surface area contributed by atoms with Crippen LogP contribution >= 0.6 is 0 Å². The number of esters is 1. The highest BCUT2D eigenvalue weighted by Gasteiger charge is 2.24. The summed E-state index contributed by atoms with van der Waals surface area (Å²) in [5.74, 6) is -0.926. The monoisotopic (exact) mass is 337 g/mol. The van der Waals surface area contributed by atoms with Gasteiger partial charge in [-0.05, 0) is 44.5 Å². The van der Waals surface area contributed by atoms with E-state index in [0.29, 0.717) is 16.8 Å².